The molecular formula is C73H139NO5. The Bertz CT molecular complexity index is 1280. The number of esters is 1. The molecule has 0 radical (unpaired) electrons. The number of nitrogens with one attached hydrogen (secondary N) is 1. The number of rotatable bonds is 67. The number of hydrogen-bond donors (Lipinski definition) is 3. The third-order valence-corrected chi connectivity index (χ3v) is 16.6. The zero-order chi connectivity index (χ0) is 57.1. The molecule has 3 N–H and O–H groups in total. The molecule has 0 saturated carbocycles. The Morgan fingerprint density at radius 1 is 0.354 bits per heavy atom. The largest absolute Gasteiger partial charge is 0.466 e. The highest BCUT2D eigenvalue weighted by atomic mass is 16.5. The fourth-order valence-electron chi connectivity index (χ4n) is 11.2. The van der Waals surface area contributed by atoms with Crippen molar-refractivity contribution in [3.05, 3.63) is 36.5 Å². The van der Waals surface area contributed by atoms with Crippen LogP contribution in [-0.2, 0) is 14.3 Å². The van der Waals surface area contributed by atoms with E-state index in [1.165, 1.54) is 308 Å². The van der Waals surface area contributed by atoms with Gasteiger partial charge < -0.3 is 20.3 Å². The smallest absolute Gasteiger partial charge is 0.305 e. The molecule has 0 aromatic rings. The first-order valence-corrected chi connectivity index (χ1v) is 35.7. The quantitative estimate of drug-likeness (QED) is 0.0320. The normalized spacial score (nSPS) is 12.7. The van der Waals surface area contributed by atoms with E-state index in [0.717, 1.165) is 51.4 Å². The van der Waals surface area contributed by atoms with Crippen LogP contribution >= 0.6 is 0 Å². The van der Waals surface area contributed by atoms with Crippen molar-refractivity contribution in [2.75, 3.05) is 13.2 Å². The second-order valence-electron chi connectivity index (χ2n) is 24.6. The molecule has 0 aliphatic heterocycles. The molecule has 79 heavy (non-hydrogen) atoms. The van der Waals surface area contributed by atoms with E-state index in [4.69, 9.17) is 4.74 Å². The Morgan fingerprint density at radius 2 is 0.658 bits per heavy atom. The van der Waals surface area contributed by atoms with E-state index in [1.807, 2.05) is 0 Å². The Hall–Kier alpha value is -1.92. The Labute approximate surface area is 494 Å². The van der Waals surface area contributed by atoms with E-state index in [9.17, 15) is 19.8 Å². The number of unbranched alkanes of at least 4 members (excludes halogenated alkanes) is 50. The SMILES string of the molecule is CCC/C=C\C/C=C\CCCCCCCC(=O)OCCCCCCCCCCCCCC/C=C\CCCCCCCCCCCCCCC(=O)NC(CO)C(O)CCCCCCCCCCCCCCCCCCCCCCC. The molecule has 0 rings (SSSR count). The first kappa shape index (κ1) is 77.1. The van der Waals surface area contributed by atoms with Crippen LogP contribution in [0.15, 0.2) is 36.5 Å². The molecule has 6 nitrogen and oxygen atoms in total. The van der Waals surface area contributed by atoms with Gasteiger partial charge in [-0.05, 0) is 77.0 Å². The summed E-state index contributed by atoms with van der Waals surface area (Å²) in [5, 5.41) is 23.4. The summed E-state index contributed by atoms with van der Waals surface area (Å²) in [6.07, 6.45) is 87.7. The molecule has 6 heteroatoms. The minimum Gasteiger partial charge on any atom is -0.466 e. The monoisotopic (exact) mass is 1110 g/mol. The fraction of sp³-hybridized carbons (Fsp3) is 0.890. The van der Waals surface area contributed by atoms with Crippen LogP contribution in [0.4, 0.5) is 0 Å². The number of allylic oxidation sites excluding steroid dienone is 6. The first-order chi connectivity index (χ1) is 39.0. The van der Waals surface area contributed by atoms with E-state index in [0.29, 0.717) is 25.9 Å². The number of hydrogen-bond acceptors (Lipinski definition) is 5. The average Bonchev–Trinajstić information content (AvgIpc) is 3.45. The summed E-state index contributed by atoms with van der Waals surface area (Å²) in [4.78, 5) is 24.6. The van der Waals surface area contributed by atoms with Crippen LogP contribution in [-0.4, -0.2) is 47.4 Å². The lowest BCUT2D eigenvalue weighted by Crippen LogP contribution is -2.45. The Morgan fingerprint density at radius 3 is 1.03 bits per heavy atom. The van der Waals surface area contributed by atoms with Crippen LogP contribution in [0, 0.1) is 0 Å². The van der Waals surface area contributed by atoms with Crippen LogP contribution in [0.1, 0.15) is 393 Å². The van der Waals surface area contributed by atoms with Crippen LogP contribution in [0.3, 0.4) is 0 Å². The second-order valence-corrected chi connectivity index (χ2v) is 24.6. The maximum atomic E-state index is 12.5. The molecule has 2 atom stereocenters. The van der Waals surface area contributed by atoms with Crippen molar-refractivity contribution in [3.8, 4) is 0 Å². The van der Waals surface area contributed by atoms with Gasteiger partial charge in [0.25, 0.3) is 0 Å². The molecular weight excluding hydrogens is 971 g/mol. The van der Waals surface area contributed by atoms with Crippen molar-refractivity contribution in [2.45, 2.75) is 405 Å². The molecule has 0 aromatic carbocycles. The third-order valence-electron chi connectivity index (χ3n) is 16.6. The predicted octanol–water partition coefficient (Wildman–Crippen LogP) is 23.1. The van der Waals surface area contributed by atoms with Gasteiger partial charge in [-0.25, -0.2) is 0 Å². The van der Waals surface area contributed by atoms with Gasteiger partial charge in [-0.3, -0.25) is 9.59 Å². The number of carbonyl (C=O) groups excluding carboxylic acids is 2. The van der Waals surface area contributed by atoms with E-state index in [-0.39, 0.29) is 18.5 Å². The van der Waals surface area contributed by atoms with Gasteiger partial charge >= 0.3 is 5.97 Å². The highest BCUT2D eigenvalue weighted by Gasteiger charge is 2.20. The lowest BCUT2D eigenvalue weighted by Gasteiger charge is -2.22. The predicted molar refractivity (Wildman–Crippen MR) is 347 cm³/mol. The van der Waals surface area contributed by atoms with Crippen LogP contribution < -0.4 is 5.32 Å². The maximum absolute atomic E-state index is 12.5. The van der Waals surface area contributed by atoms with Crippen molar-refractivity contribution < 1.29 is 24.5 Å². The highest BCUT2D eigenvalue weighted by Crippen LogP contribution is 2.19. The van der Waals surface area contributed by atoms with Crippen molar-refractivity contribution in [3.63, 3.8) is 0 Å². The number of carbonyl (C=O) groups is 2. The van der Waals surface area contributed by atoms with Gasteiger partial charge in [0.2, 0.25) is 5.91 Å². The molecule has 0 heterocycles. The molecule has 0 spiro atoms. The number of ether oxygens (including phenoxy) is 1. The van der Waals surface area contributed by atoms with E-state index in [2.05, 4.69) is 55.6 Å². The summed E-state index contributed by atoms with van der Waals surface area (Å²) in [5.74, 6) is -0.0300. The van der Waals surface area contributed by atoms with Gasteiger partial charge in [0.05, 0.1) is 25.4 Å². The lowest BCUT2D eigenvalue weighted by atomic mass is 10.0. The molecule has 2 unspecified atom stereocenters. The third kappa shape index (κ3) is 65.1. The Balaban J connectivity index is 3.39. The minimum atomic E-state index is -0.666. The summed E-state index contributed by atoms with van der Waals surface area (Å²) in [6, 6.07) is -0.543. The molecule has 0 aromatic heterocycles. The van der Waals surface area contributed by atoms with Gasteiger partial charge in [0, 0.05) is 12.8 Å². The summed E-state index contributed by atoms with van der Waals surface area (Å²) >= 11 is 0. The van der Waals surface area contributed by atoms with Crippen molar-refractivity contribution in [1.29, 1.82) is 0 Å². The topological polar surface area (TPSA) is 95.9 Å². The van der Waals surface area contributed by atoms with Gasteiger partial charge in [-0.2, -0.15) is 0 Å². The molecule has 466 valence electrons. The number of aliphatic hydroxyl groups excluding tert-OH is 2. The van der Waals surface area contributed by atoms with Crippen LogP contribution in [0.5, 0.6) is 0 Å². The molecule has 0 saturated heterocycles. The Kier molecular flexibility index (Phi) is 66.9. The second kappa shape index (κ2) is 68.6. The molecule has 1 amide bonds. The average molecular weight is 1110 g/mol. The zero-order valence-corrected chi connectivity index (χ0v) is 53.4. The maximum Gasteiger partial charge on any atom is 0.305 e. The summed E-state index contributed by atoms with van der Waals surface area (Å²) < 4.78 is 5.47. The summed E-state index contributed by atoms with van der Waals surface area (Å²) in [6.45, 7) is 4.92. The minimum absolute atomic E-state index is 0.000870. The van der Waals surface area contributed by atoms with Gasteiger partial charge in [-0.15, -0.1) is 0 Å². The van der Waals surface area contributed by atoms with Gasteiger partial charge in [0.1, 0.15) is 0 Å². The fourth-order valence-corrected chi connectivity index (χ4v) is 11.2. The van der Waals surface area contributed by atoms with Crippen LogP contribution in [0.25, 0.3) is 0 Å². The molecule has 0 fully saturated rings. The van der Waals surface area contributed by atoms with E-state index >= 15 is 0 Å². The standard InChI is InChI=1S/C73H139NO5/c1-3-5-7-9-11-13-15-17-18-19-20-29-32-35-38-42-45-49-53-57-61-65-71(76)70(69-75)74-72(77)66-62-58-54-50-46-43-39-36-33-30-27-25-23-21-22-24-26-28-31-34-37-40-44-48-52-56-60-64-68-79-73(78)67-63-59-55-51-47-41-16-14-12-10-8-6-4-2/h8,10,14,16,21-22,70-71,75-76H,3-7,9,11-13,15,17-20,23-69H2,1-2H3,(H,74,77)/b10-8-,16-14-,22-21-. The van der Waals surface area contributed by atoms with Crippen molar-refractivity contribution in [1.82, 2.24) is 5.32 Å². The number of aliphatic hydroxyl groups is 2. The number of amides is 1. The summed E-state index contributed by atoms with van der Waals surface area (Å²) in [7, 11) is 0. The lowest BCUT2D eigenvalue weighted by molar-refractivity contribution is -0.143. The highest BCUT2D eigenvalue weighted by molar-refractivity contribution is 5.76. The van der Waals surface area contributed by atoms with Gasteiger partial charge in [-0.1, -0.05) is 339 Å². The zero-order valence-electron chi connectivity index (χ0n) is 53.4. The summed E-state index contributed by atoms with van der Waals surface area (Å²) in [5.41, 5.74) is 0. The van der Waals surface area contributed by atoms with Gasteiger partial charge in [0.15, 0.2) is 0 Å². The molecule has 0 aliphatic carbocycles. The van der Waals surface area contributed by atoms with E-state index < -0.39 is 12.1 Å². The first-order valence-electron chi connectivity index (χ1n) is 35.7. The van der Waals surface area contributed by atoms with E-state index in [1.54, 1.807) is 0 Å². The van der Waals surface area contributed by atoms with Crippen LogP contribution in [0.2, 0.25) is 0 Å². The molecule has 0 bridgehead atoms. The molecule has 0 aliphatic rings. The van der Waals surface area contributed by atoms with Crippen molar-refractivity contribution >= 4 is 11.9 Å². The van der Waals surface area contributed by atoms with Crippen molar-refractivity contribution in [2.24, 2.45) is 0 Å².